The molecule has 2 amide bonds. The standard InChI is InChI=1S/C25H25ClFN3O2.C20H18ClFN4O.ClH/c1-3-4-21(31)9-7-16-5-6-17(12-22(16)27)25(32)30-15-19-14-28-29(2)24(19)13-18-11-20(26)8-10-23(18)30;1-25-19-8-14-6-16(21)4-5-18(14)26(11-15(19)10-24-25)20(27)12-2-3-13(9-23)17(22)7-12;/h5-6,8,10-12,14H,3-4,7,9,13,15H2,1-2H3;2-7,10H,8-9,11,23H2,1H3;1H. The largest absolute Gasteiger partial charge is 0.326 e. The molecule has 10 nitrogen and oxygen atoms in total. The molecule has 2 aromatic heterocycles. The number of ketones is 1. The first kappa shape index (κ1) is 44.2. The Labute approximate surface area is 363 Å². The van der Waals surface area contributed by atoms with Gasteiger partial charge < -0.3 is 15.5 Å². The maximum absolute atomic E-state index is 14.8. The first-order valence-corrected chi connectivity index (χ1v) is 20.1. The normalized spacial score (nSPS) is 12.7. The van der Waals surface area contributed by atoms with Gasteiger partial charge in [-0.3, -0.25) is 23.7 Å². The third kappa shape index (κ3) is 9.32. The minimum atomic E-state index is -0.475. The summed E-state index contributed by atoms with van der Waals surface area (Å²) in [5.74, 6) is -1.39. The number of fused-ring (bicyclic) bond motifs is 4. The number of hydrogen-bond donors (Lipinski definition) is 1. The van der Waals surface area contributed by atoms with E-state index in [-0.39, 0.29) is 47.7 Å². The second kappa shape index (κ2) is 18.9. The fourth-order valence-electron chi connectivity index (χ4n) is 7.61. The quantitative estimate of drug-likeness (QED) is 0.163. The molecule has 0 aliphatic carbocycles. The average Bonchev–Trinajstić information content (AvgIpc) is 3.61. The van der Waals surface area contributed by atoms with E-state index in [2.05, 4.69) is 10.2 Å². The molecule has 312 valence electrons. The lowest BCUT2D eigenvalue weighted by Gasteiger charge is -2.23. The Kier molecular flexibility index (Phi) is 13.9. The lowest BCUT2D eigenvalue weighted by molar-refractivity contribution is -0.119. The summed E-state index contributed by atoms with van der Waals surface area (Å²) in [6, 6.07) is 19.8. The minimum absolute atomic E-state index is 0. The Bertz CT molecular complexity index is 2590. The predicted molar refractivity (Wildman–Crippen MR) is 232 cm³/mol. The highest BCUT2D eigenvalue weighted by Gasteiger charge is 2.29. The zero-order valence-corrected chi connectivity index (χ0v) is 35.7. The lowest BCUT2D eigenvalue weighted by atomic mass is 10.0. The summed E-state index contributed by atoms with van der Waals surface area (Å²) in [4.78, 5) is 41.8. The second-order valence-electron chi connectivity index (χ2n) is 14.8. The van der Waals surface area contributed by atoms with E-state index in [1.54, 1.807) is 58.6 Å². The molecule has 6 aromatic rings. The van der Waals surface area contributed by atoms with Crippen LogP contribution in [0.4, 0.5) is 20.2 Å². The van der Waals surface area contributed by atoms with Crippen LogP contribution in [-0.4, -0.2) is 37.2 Å². The summed E-state index contributed by atoms with van der Waals surface area (Å²) in [6.07, 6.45) is 6.69. The van der Waals surface area contributed by atoms with E-state index in [0.29, 0.717) is 66.4 Å². The number of nitrogens with two attached hydrogens (primary N) is 1. The third-order valence-corrected chi connectivity index (χ3v) is 11.3. The Balaban J connectivity index is 0.000000200. The topological polar surface area (TPSA) is 119 Å². The van der Waals surface area contributed by atoms with Gasteiger partial charge in [0.2, 0.25) is 0 Å². The number of Topliss-reactive ketones (excluding diaryl/α,β-unsaturated/α-hetero) is 1. The molecule has 2 aliphatic heterocycles. The summed E-state index contributed by atoms with van der Waals surface area (Å²) in [5, 5.41) is 9.84. The van der Waals surface area contributed by atoms with Crippen molar-refractivity contribution >= 4 is 64.6 Å². The molecule has 4 heterocycles. The fourth-order valence-corrected chi connectivity index (χ4v) is 8.00. The SMILES string of the molecule is CCCC(=O)CCc1ccc(C(=O)N2Cc3cnn(C)c3Cc3cc(Cl)ccc32)cc1F.Cl.Cn1ncc2c1Cc1cc(Cl)ccc1N(C(=O)c1ccc(CN)c(F)c1)C2. The summed E-state index contributed by atoms with van der Waals surface area (Å²) >= 11 is 12.4. The summed E-state index contributed by atoms with van der Waals surface area (Å²) in [5.41, 5.74) is 14.2. The van der Waals surface area contributed by atoms with Crippen molar-refractivity contribution in [2.75, 3.05) is 9.80 Å². The Hall–Kier alpha value is -5.40. The van der Waals surface area contributed by atoms with Crippen molar-refractivity contribution in [3.63, 3.8) is 0 Å². The average molecular weight is 875 g/mol. The maximum atomic E-state index is 14.8. The zero-order chi connectivity index (χ0) is 42.0. The molecule has 60 heavy (non-hydrogen) atoms. The summed E-state index contributed by atoms with van der Waals surface area (Å²) < 4.78 is 32.6. The van der Waals surface area contributed by atoms with Gasteiger partial charge in [-0.25, -0.2) is 8.78 Å². The molecule has 0 radical (unpaired) electrons. The van der Waals surface area contributed by atoms with Crippen molar-refractivity contribution in [1.82, 2.24) is 19.6 Å². The summed E-state index contributed by atoms with van der Waals surface area (Å²) in [6.45, 7) is 2.73. The van der Waals surface area contributed by atoms with Crippen LogP contribution < -0.4 is 15.5 Å². The highest BCUT2D eigenvalue weighted by molar-refractivity contribution is 6.31. The molecular formula is C45H44Cl3F2N7O3. The van der Waals surface area contributed by atoms with Gasteiger partial charge in [-0.1, -0.05) is 42.3 Å². The van der Waals surface area contributed by atoms with Crippen LogP contribution in [0.1, 0.15) is 91.7 Å². The number of anilines is 2. The van der Waals surface area contributed by atoms with Gasteiger partial charge in [0.25, 0.3) is 11.8 Å². The molecule has 8 rings (SSSR count). The number of rotatable bonds is 8. The Morgan fingerprint density at radius 1 is 0.667 bits per heavy atom. The lowest BCUT2D eigenvalue weighted by Crippen LogP contribution is -2.30. The van der Waals surface area contributed by atoms with Crippen LogP contribution in [0.3, 0.4) is 0 Å². The van der Waals surface area contributed by atoms with Crippen LogP contribution in [0.2, 0.25) is 10.0 Å². The number of hydrogen-bond acceptors (Lipinski definition) is 6. The molecular weight excluding hydrogens is 831 g/mol. The van der Waals surface area contributed by atoms with Crippen LogP contribution >= 0.6 is 35.6 Å². The van der Waals surface area contributed by atoms with Gasteiger partial charge in [0.1, 0.15) is 17.4 Å². The van der Waals surface area contributed by atoms with Crippen molar-refractivity contribution in [1.29, 1.82) is 0 Å². The first-order chi connectivity index (χ1) is 28.3. The minimum Gasteiger partial charge on any atom is -0.326 e. The number of aromatic nitrogens is 4. The number of carbonyl (C=O) groups is 3. The van der Waals surface area contributed by atoms with E-state index in [9.17, 15) is 23.2 Å². The smallest absolute Gasteiger partial charge is 0.258 e. The maximum Gasteiger partial charge on any atom is 0.258 e. The van der Waals surface area contributed by atoms with Crippen molar-refractivity contribution in [3.8, 4) is 0 Å². The van der Waals surface area contributed by atoms with Gasteiger partial charge in [-0.05, 0) is 90.2 Å². The van der Waals surface area contributed by atoms with E-state index in [0.717, 1.165) is 51.4 Å². The number of benzene rings is 4. The molecule has 0 bridgehead atoms. The van der Waals surface area contributed by atoms with Gasteiger partial charge in [0, 0.05) is 107 Å². The Morgan fingerprint density at radius 2 is 1.13 bits per heavy atom. The van der Waals surface area contributed by atoms with Crippen molar-refractivity contribution in [2.24, 2.45) is 19.8 Å². The molecule has 2 N–H and O–H groups in total. The molecule has 0 atom stereocenters. The van der Waals surface area contributed by atoms with Gasteiger partial charge in [0.05, 0.1) is 25.5 Å². The highest BCUT2D eigenvalue weighted by Crippen LogP contribution is 2.35. The second-order valence-corrected chi connectivity index (χ2v) is 15.6. The molecule has 0 saturated heterocycles. The predicted octanol–water partition coefficient (Wildman–Crippen LogP) is 9.11. The van der Waals surface area contributed by atoms with E-state index in [1.165, 1.54) is 12.1 Å². The highest BCUT2D eigenvalue weighted by atomic mass is 35.5. The van der Waals surface area contributed by atoms with Gasteiger partial charge in [-0.15, -0.1) is 12.4 Å². The van der Waals surface area contributed by atoms with Crippen molar-refractivity contribution in [2.45, 2.75) is 65.1 Å². The molecule has 0 spiro atoms. The van der Waals surface area contributed by atoms with E-state index >= 15 is 0 Å². The fraction of sp³-hybridized carbons (Fsp3) is 0.267. The van der Waals surface area contributed by atoms with E-state index in [1.807, 2.05) is 54.6 Å². The number of aryl methyl sites for hydroxylation is 3. The number of amides is 2. The monoisotopic (exact) mass is 873 g/mol. The van der Waals surface area contributed by atoms with Crippen molar-refractivity contribution < 1.29 is 23.2 Å². The molecule has 0 fully saturated rings. The van der Waals surface area contributed by atoms with Crippen LogP contribution in [0.25, 0.3) is 0 Å². The van der Waals surface area contributed by atoms with E-state index < -0.39 is 11.6 Å². The molecule has 4 aromatic carbocycles. The van der Waals surface area contributed by atoms with Gasteiger partial charge in [0.15, 0.2) is 0 Å². The van der Waals surface area contributed by atoms with E-state index in [4.69, 9.17) is 28.9 Å². The Morgan fingerprint density at radius 3 is 1.57 bits per heavy atom. The third-order valence-electron chi connectivity index (χ3n) is 10.8. The first-order valence-electron chi connectivity index (χ1n) is 19.3. The molecule has 2 aliphatic rings. The summed E-state index contributed by atoms with van der Waals surface area (Å²) in [7, 11) is 3.75. The zero-order valence-electron chi connectivity index (χ0n) is 33.4. The van der Waals surface area contributed by atoms with Gasteiger partial charge >= 0.3 is 0 Å². The van der Waals surface area contributed by atoms with Crippen LogP contribution in [0, 0.1) is 11.6 Å². The molecule has 0 unspecified atom stereocenters. The number of nitrogens with zero attached hydrogens (tertiary/aromatic N) is 6. The number of carbonyl (C=O) groups excluding carboxylic acids is 3. The van der Waals surface area contributed by atoms with Crippen LogP contribution in [0.5, 0.6) is 0 Å². The van der Waals surface area contributed by atoms with Crippen LogP contribution in [-0.2, 0) is 57.8 Å². The van der Waals surface area contributed by atoms with Gasteiger partial charge in [-0.2, -0.15) is 10.2 Å². The van der Waals surface area contributed by atoms with Crippen LogP contribution in [0.15, 0.2) is 85.2 Å². The molecule has 15 heteroatoms. The van der Waals surface area contributed by atoms with Crippen molar-refractivity contribution in [3.05, 3.63) is 163 Å². The number of halogens is 5. The molecule has 0 saturated carbocycles.